The number of hydrogen-bond donors (Lipinski definition) is 2. The molecule has 5 nitrogen and oxygen atoms in total. The number of halogens is 1. The number of hydrogen-bond acceptors (Lipinski definition) is 5. The standard InChI is InChI=1S/C13H16FN3O2/c1-8(3-4-18)17-13-9-5-12(19-2)10(14)6-11(9)15-7-16-13/h5-8,18H,3-4H2,1-2H3,(H,15,16,17). The fourth-order valence-electron chi connectivity index (χ4n) is 1.83. The van der Waals surface area contributed by atoms with Crippen LogP contribution in [0.1, 0.15) is 13.3 Å². The van der Waals surface area contributed by atoms with Crippen LogP contribution in [-0.4, -0.2) is 34.8 Å². The van der Waals surface area contributed by atoms with Crippen LogP contribution in [0.4, 0.5) is 10.2 Å². The lowest BCUT2D eigenvalue weighted by Crippen LogP contribution is -2.17. The third kappa shape index (κ3) is 2.90. The zero-order chi connectivity index (χ0) is 13.8. The second-order valence-electron chi connectivity index (χ2n) is 4.28. The van der Waals surface area contributed by atoms with Gasteiger partial charge in [0.05, 0.1) is 12.6 Å². The Morgan fingerprint density at radius 1 is 1.42 bits per heavy atom. The van der Waals surface area contributed by atoms with Crippen LogP contribution in [0.2, 0.25) is 0 Å². The van der Waals surface area contributed by atoms with Gasteiger partial charge in [-0.05, 0) is 19.4 Å². The lowest BCUT2D eigenvalue weighted by atomic mass is 10.2. The Balaban J connectivity index is 2.43. The van der Waals surface area contributed by atoms with Crippen molar-refractivity contribution in [1.82, 2.24) is 9.97 Å². The number of anilines is 1. The van der Waals surface area contributed by atoms with Gasteiger partial charge in [-0.2, -0.15) is 0 Å². The zero-order valence-electron chi connectivity index (χ0n) is 10.9. The first kappa shape index (κ1) is 13.5. The predicted molar refractivity (Wildman–Crippen MR) is 70.8 cm³/mol. The molecule has 2 aromatic rings. The summed E-state index contributed by atoms with van der Waals surface area (Å²) in [6.45, 7) is 2.03. The molecule has 1 heterocycles. The number of benzene rings is 1. The number of rotatable bonds is 5. The summed E-state index contributed by atoms with van der Waals surface area (Å²) in [6, 6.07) is 2.94. The second-order valence-corrected chi connectivity index (χ2v) is 4.28. The van der Waals surface area contributed by atoms with Crippen LogP contribution in [0, 0.1) is 5.82 Å². The van der Waals surface area contributed by atoms with Crippen LogP contribution in [0.15, 0.2) is 18.5 Å². The molecule has 1 aromatic carbocycles. The van der Waals surface area contributed by atoms with E-state index in [4.69, 9.17) is 9.84 Å². The minimum absolute atomic E-state index is 0.0548. The first-order chi connectivity index (χ1) is 9.15. The summed E-state index contributed by atoms with van der Waals surface area (Å²) in [4.78, 5) is 8.19. The zero-order valence-corrected chi connectivity index (χ0v) is 10.9. The molecule has 0 fully saturated rings. The highest BCUT2D eigenvalue weighted by Gasteiger charge is 2.11. The molecular weight excluding hydrogens is 249 g/mol. The van der Waals surface area contributed by atoms with Crippen molar-refractivity contribution in [3.8, 4) is 5.75 Å². The maximum atomic E-state index is 13.6. The first-order valence-electron chi connectivity index (χ1n) is 6.01. The summed E-state index contributed by atoms with van der Waals surface area (Å²) in [5, 5.41) is 12.8. The van der Waals surface area contributed by atoms with E-state index in [1.165, 1.54) is 19.5 Å². The van der Waals surface area contributed by atoms with Crippen LogP contribution in [0.5, 0.6) is 5.75 Å². The average Bonchev–Trinajstić information content (AvgIpc) is 2.38. The van der Waals surface area contributed by atoms with Crippen LogP contribution in [0.25, 0.3) is 10.9 Å². The highest BCUT2D eigenvalue weighted by Crippen LogP contribution is 2.27. The van der Waals surface area contributed by atoms with E-state index >= 15 is 0 Å². The smallest absolute Gasteiger partial charge is 0.167 e. The first-order valence-corrected chi connectivity index (χ1v) is 6.01. The van der Waals surface area contributed by atoms with Crippen LogP contribution < -0.4 is 10.1 Å². The average molecular weight is 265 g/mol. The van der Waals surface area contributed by atoms with Gasteiger partial charge >= 0.3 is 0 Å². The van der Waals surface area contributed by atoms with Crippen molar-refractivity contribution in [3.05, 3.63) is 24.3 Å². The van der Waals surface area contributed by atoms with Crippen LogP contribution in [-0.2, 0) is 0 Å². The van der Waals surface area contributed by atoms with Gasteiger partial charge in [0.15, 0.2) is 11.6 Å². The Hall–Kier alpha value is -1.95. The lowest BCUT2D eigenvalue weighted by molar-refractivity contribution is 0.282. The molecule has 0 aliphatic heterocycles. The Labute approximate surface area is 110 Å². The largest absolute Gasteiger partial charge is 0.494 e. The second kappa shape index (κ2) is 5.79. The Morgan fingerprint density at radius 3 is 2.89 bits per heavy atom. The number of nitrogens with zero attached hydrogens (tertiary/aromatic N) is 2. The summed E-state index contributed by atoms with van der Waals surface area (Å²) in [5.41, 5.74) is 0.506. The van der Waals surface area contributed by atoms with E-state index < -0.39 is 5.82 Å². The maximum Gasteiger partial charge on any atom is 0.167 e. The minimum atomic E-state index is -0.456. The molecule has 0 amide bonds. The molecule has 0 spiro atoms. The molecule has 0 saturated carbocycles. The van der Waals surface area contributed by atoms with E-state index in [1.807, 2.05) is 6.92 Å². The molecule has 0 saturated heterocycles. The highest BCUT2D eigenvalue weighted by molar-refractivity contribution is 5.90. The van der Waals surface area contributed by atoms with Gasteiger partial charge in [-0.1, -0.05) is 0 Å². The Morgan fingerprint density at radius 2 is 2.21 bits per heavy atom. The number of aliphatic hydroxyl groups excluding tert-OH is 1. The van der Waals surface area contributed by atoms with Crippen molar-refractivity contribution >= 4 is 16.7 Å². The number of nitrogens with one attached hydrogen (secondary N) is 1. The number of aromatic nitrogens is 2. The minimum Gasteiger partial charge on any atom is -0.494 e. The van der Waals surface area contributed by atoms with E-state index in [0.29, 0.717) is 23.1 Å². The van der Waals surface area contributed by atoms with E-state index in [1.54, 1.807) is 6.07 Å². The van der Waals surface area contributed by atoms with Crippen molar-refractivity contribution in [1.29, 1.82) is 0 Å². The third-order valence-electron chi connectivity index (χ3n) is 2.85. The van der Waals surface area contributed by atoms with Crippen molar-refractivity contribution < 1.29 is 14.2 Å². The monoisotopic (exact) mass is 265 g/mol. The van der Waals surface area contributed by atoms with E-state index in [-0.39, 0.29) is 18.4 Å². The molecule has 19 heavy (non-hydrogen) atoms. The van der Waals surface area contributed by atoms with Gasteiger partial charge < -0.3 is 15.2 Å². The summed E-state index contributed by atoms with van der Waals surface area (Å²) in [6.07, 6.45) is 1.98. The Bertz CT molecular complexity index is 577. The highest BCUT2D eigenvalue weighted by atomic mass is 19.1. The van der Waals surface area contributed by atoms with E-state index in [2.05, 4.69) is 15.3 Å². The summed E-state index contributed by atoms with van der Waals surface area (Å²) < 4.78 is 18.6. The van der Waals surface area contributed by atoms with Crippen molar-refractivity contribution in [2.24, 2.45) is 0 Å². The normalized spacial score (nSPS) is 12.4. The summed E-state index contributed by atoms with van der Waals surface area (Å²) in [5.74, 6) is 0.299. The molecule has 1 atom stereocenters. The summed E-state index contributed by atoms with van der Waals surface area (Å²) in [7, 11) is 1.41. The molecule has 2 N–H and O–H groups in total. The van der Waals surface area contributed by atoms with Gasteiger partial charge in [-0.25, -0.2) is 14.4 Å². The molecule has 1 aromatic heterocycles. The quantitative estimate of drug-likeness (QED) is 0.865. The fraction of sp³-hybridized carbons (Fsp3) is 0.385. The molecule has 1 unspecified atom stereocenters. The van der Waals surface area contributed by atoms with Gasteiger partial charge in [-0.15, -0.1) is 0 Å². The Kier molecular flexibility index (Phi) is 4.11. The number of fused-ring (bicyclic) bond motifs is 1. The molecule has 0 aliphatic carbocycles. The summed E-state index contributed by atoms with van der Waals surface area (Å²) >= 11 is 0. The molecule has 0 aliphatic rings. The van der Waals surface area contributed by atoms with E-state index in [0.717, 1.165) is 0 Å². The van der Waals surface area contributed by atoms with Crippen LogP contribution >= 0.6 is 0 Å². The molecule has 0 radical (unpaired) electrons. The van der Waals surface area contributed by atoms with E-state index in [9.17, 15) is 4.39 Å². The third-order valence-corrected chi connectivity index (χ3v) is 2.85. The van der Waals surface area contributed by atoms with Gasteiger partial charge in [0.2, 0.25) is 0 Å². The van der Waals surface area contributed by atoms with Crippen molar-refractivity contribution in [2.45, 2.75) is 19.4 Å². The number of ether oxygens (including phenoxy) is 1. The van der Waals surface area contributed by atoms with Crippen molar-refractivity contribution in [3.63, 3.8) is 0 Å². The molecule has 6 heteroatoms. The number of methoxy groups -OCH3 is 1. The SMILES string of the molecule is COc1cc2c(NC(C)CCO)ncnc2cc1F. The molecule has 102 valence electrons. The van der Waals surface area contributed by atoms with Gasteiger partial charge in [0.1, 0.15) is 12.1 Å². The molecule has 0 bridgehead atoms. The maximum absolute atomic E-state index is 13.6. The fourth-order valence-corrected chi connectivity index (χ4v) is 1.83. The predicted octanol–water partition coefficient (Wildman–Crippen LogP) is 1.96. The van der Waals surface area contributed by atoms with Gasteiger partial charge in [0.25, 0.3) is 0 Å². The van der Waals surface area contributed by atoms with Gasteiger partial charge in [0, 0.05) is 24.1 Å². The topological polar surface area (TPSA) is 67.3 Å². The van der Waals surface area contributed by atoms with Gasteiger partial charge in [-0.3, -0.25) is 0 Å². The van der Waals surface area contributed by atoms with Crippen molar-refractivity contribution in [2.75, 3.05) is 19.0 Å². The lowest BCUT2D eigenvalue weighted by Gasteiger charge is -2.15. The number of aliphatic hydroxyl groups is 1. The molecular formula is C13H16FN3O2. The molecule has 2 rings (SSSR count). The van der Waals surface area contributed by atoms with Crippen LogP contribution in [0.3, 0.4) is 0 Å².